The molecule has 1 N–H and O–H groups in total. The highest BCUT2D eigenvalue weighted by Crippen LogP contribution is 2.28. The molecule has 7 nitrogen and oxygen atoms in total. The standard InChI is InChI=1S/C20H13N3O4/c24-20(22-16-8-3-4-9-18(16)23(25)26)14-12-17(19-10-5-11-27-19)21-15-7-2-1-6-13(14)15/h1-12H,(H,22,24). The molecule has 1 amide bonds. The fraction of sp³-hybridized carbons (Fsp3) is 0. The van der Waals surface area contributed by atoms with Crippen molar-refractivity contribution in [1.29, 1.82) is 0 Å². The lowest BCUT2D eigenvalue weighted by Crippen LogP contribution is -2.14. The maximum Gasteiger partial charge on any atom is 0.292 e. The Labute approximate surface area is 153 Å². The van der Waals surface area contributed by atoms with Crippen LogP contribution in [0, 0.1) is 10.1 Å². The van der Waals surface area contributed by atoms with Crippen molar-refractivity contribution in [3.63, 3.8) is 0 Å². The summed E-state index contributed by atoms with van der Waals surface area (Å²) in [4.78, 5) is 28.1. The Morgan fingerprint density at radius 1 is 1.04 bits per heavy atom. The van der Waals surface area contributed by atoms with E-state index < -0.39 is 10.8 Å². The summed E-state index contributed by atoms with van der Waals surface area (Å²) in [5, 5.41) is 14.5. The number of anilines is 1. The molecule has 0 bridgehead atoms. The number of benzene rings is 2. The molecule has 2 aromatic heterocycles. The molecular weight excluding hydrogens is 346 g/mol. The number of nitro groups is 1. The molecule has 0 unspecified atom stereocenters. The molecule has 4 aromatic rings. The highest BCUT2D eigenvalue weighted by atomic mass is 16.6. The van der Waals surface area contributed by atoms with Crippen LogP contribution in [0.4, 0.5) is 11.4 Å². The van der Waals surface area contributed by atoms with Gasteiger partial charge in [0.1, 0.15) is 11.4 Å². The van der Waals surface area contributed by atoms with Gasteiger partial charge in [-0.15, -0.1) is 0 Å². The molecule has 7 heteroatoms. The quantitative estimate of drug-likeness (QED) is 0.422. The highest BCUT2D eigenvalue weighted by Gasteiger charge is 2.19. The van der Waals surface area contributed by atoms with Gasteiger partial charge in [-0.25, -0.2) is 4.98 Å². The molecule has 132 valence electrons. The van der Waals surface area contributed by atoms with Gasteiger partial charge in [0, 0.05) is 11.5 Å². The number of amides is 1. The first kappa shape index (κ1) is 16.5. The SMILES string of the molecule is O=C(Nc1ccccc1[N+](=O)[O-])c1cc(-c2ccco2)nc2ccccc12. The predicted molar refractivity (Wildman–Crippen MR) is 100 cm³/mol. The normalized spacial score (nSPS) is 10.7. The third-order valence-electron chi connectivity index (χ3n) is 4.08. The van der Waals surface area contributed by atoms with Gasteiger partial charge in [0.2, 0.25) is 0 Å². The number of furan rings is 1. The van der Waals surface area contributed by atoms with Crippen LogP contribution < -0.4 is 5.32 Å². The van der Waals surface area contributed by atoms with Gasteiger partial charge in [-0.3, -0.25) is 14.9 Å². The molecule has 0 saturated heterocycles. The third kappa shape index (κ3) is 3.13. The zero-order valence-electron chi connectivity index (χ0n) is 14.0. The van der Waals surface area contributed by atoms with E-state index in [1.165, 1.54) is 18.4 Å². The molecule has 0 aliphatic carbocycles. The highest BCUT2D eigenvalue weighted by molar-refractivity contribution is 6.13. The lowest BCUT2D eigenvalue weighted by atomic mass is 10.1. The first-order valence-corrected chi connectivity index (χ1v) is 8.12. The lowest BCUT2D eigenvalue weighted by Gasteiger charge is -2.10. The van der Waals surface area contributed by atoms with Crippen molar-refractivity contribution >= 4 is 28.2 Å². The number of rotatable bonds is 4. The van der Waals surface area contributed by atoms with E-state index in [0.717, 1.165) is 0 Å². The second-order valence-corrected chi connectivity index (χ2v) is 5.78. The molecule has 0 spiro atoms. The number of nitrogens with zero attached hydrogens (tertiary/aromatic N) is 2. The summed E-state index contributed by atoms with van der Waals surface area (Å²) in [5.41, 5.74) is 1.44. The zero-order chi connectivity index (χ0) is 18.8. The van der Waals surface area contributed by atoms with Crippen LogP contribution in [0.2, 0.25) is 0 Å². The predicted octanol–water partition coefficient (Wildman–Crippen LogP) is 4.66. The Balaban J connectivity index is 1.81. The largest absolute Gasteiger partial charge is 0.463 e. The molecule has 0 saturated carbocycles. The van der Waals surface area contributed by atoms with Crippen molar-refractivity contribution in [1.82, 2.24) is 4.98 Å². The smallest absolute Gasteiger partial charge is 0.292 e. The topological polar surface area (TPSA) is 98.3 Å². The molecule has 0 fully saturated rings. The van der Waals surface area contributed by atoms with Crippen LogP contribution in [0.15, 0.2) is 77.4 Å². The second kappa shape index (κ2) is 6.72. The van der Waals surface area contributed by atoms with Crippen LogP contribution >= 0.6 is 0 Å². The molecule has 2 aromatic carbocycles. The van der Waals surface area contributed by atoms with E-state index in [9.17, 15) is 14.9 Å². The Hall–Kier alpha value is -4.00. The number of carbonyl (C=O) groups excluding carboxylic acids is 1. The number of fused-ring (bicyclic) bond motifs is 1. The first-order valence-electron chi connectivity index (χ1n) is 8.12. The van der Waals surface area contributed by atoms with Gasteiger partial charge in [0.25, 0.3) is 11.6 Å². The molecule has 2 heterocycles. The van der Waals surface area contributed by atoms with E-state index in [4.69, 9.17) is 4.42 Å². The molecule has 0 radical (unpaired) electrons. The van der Waals surface area contributed by atoms with E-state index in [1.54, 1.807) is 48.5 Å². The molecular formula is C20H13N3O4. The zero-order valence-corrected chi connectivity index (χ0v) is 14.0. The van der Waals surface area contributed by atoms with Crippen LogP contribution in [-0.4, -0.2) is 15.8 Å². The number of nitro benzene ring substituents is 1. The van der Waals surface area contributed by atoms with Crippen LogP contribution in [0.5, 0.6) is 0 Å². The number of aromatic nitrogens is 1. The summed E-state index contributed by atoms with van der Waals surface area (Å²) in [6.07, 6.45) is 1.53. The van der Waals surface area contributed by atoms with Crippen molar-refractivity contribution < 1.29 is 14.1 Å². The average molecular weight is 359 g/mol. The van der Waals surface area contributed by atoms with Gasteiger partial charge in [0.15, 0.2) is 5.76 Å². The van der Waals surface area contributed by atoms with Gasteiger partial charge >= 0.3 is 0 Å². The minimum Gasteiger partial charge on any atom is -0.463 e. The van der Waals surface area contributed by atoms with Crippen molar-refractivity contribution in [2.75, 3.05) is 5.32 Å². The third-order valence-corrected chi connectivity index (χ3v) is 4.08. The van der Waals surface area contributed by atoms with Gasteiger partial charge in [-0.05, 0) is 30.3 Å². The number of pyridine rings is 1. The molecule has 0 atom stereocenters. The van der Waals surface area contributed by atoms with Gasteiger partial charge < -0.3 is 9.73 Å². The summed E-state index contributed by atoms with van der Waals surface area (Å²) in [6.45, 7) is 0. The van der Waals surface area contributed by atoms with Crippen molar-refractivity contribution in [3.05, 3.63) is 88.7 Å². The van der Waals surface area contributed by atoms with Crippen molar-refractivity contribution in [3.8, 4) is 11.5 Å². The minimum atomic E-state index is -0.533. The Morgan fingerprint density at radius 3 is 2.59 bits per heavy atom. The van der Waals surface area contributed by atoms with Gasteiger partial charge in [0.05, 0.1) is 22.3 Å². The maximum absolute atomic E-state index is 12.9. The van der Waals surface area contributed by atoms with E-state index in [0.29, 0.717) is 27.9 Å². The lowest BCUT2D eigenvalue weighted by molar-refractivity contribution is -0.383. The average Bonchev–Trinajstić information content (AvgIpc) is 3.22. The summed E-state index contributed by atoms with van der Waals surface area (Å²) in [7, 11) is 0. The number of hydrogen-bond acceptors (Lipinski definition) is 5. The monoisotopic (exact) mass is 359 g/mol. The molecule has 0 aliphatic heterocycles. The van der Waals surface area contributed by atoms with E-state index in [-0.39, 0.29) is 11.4 Å². The van der Waals surface area contributed by atoms with Crippen LogP contribution in [0.3, 0.4) is 0 Å². The number of carbonyl (C=O) groups is 1. The summed E-state index contributed by atoms with van der Waals surface area (Å²) >= 11 is 0. The fourth-order valence-corrected chi connectivity index (χ4v) is 2.84. The van der Waals surface area contributed by atoms with E-state index >= 15 is 0 Å². The van der Waals surface area contributed by atoms with Crippen molar-refractivity contribution in [2.45, 2.75) is 0 Å². The Kier molecular flexibility index (Phi) is 4.10. The van der Waals surface area contributed by atoms with Crippen LogP contribution in [-0.2, 0) is 0 Å². The minimum absolute atomic E-state index is 0.132. The van der Waals surface area contributed by atoms with E-state index in [2.05, 4.69) is 10.3 Å². The molecule has 4 rings (SSSR count). The van der Waals surface area contributed by atoms with Crippen molar-refractivity contribution in [2.24, 2.45) is 0 Å². The van der Waals surface area contributed by atoms with Crippen LogP contribution in [0.25, 0.3) is 22.4 Å². The summed E-state index contributed by atoms with van der Waals surface area (Å²) < 4.78 is 5.39. The Bertz CT molecular complexity index is 1150. The van der Waals surface area contributed by atoms with Crippen LogP contribution in [0.1, 0.15) is 10.4 Å². The number of hydrogen-bond donors (Lipinski definition) is 1. The maximum atomic E-state index is 12.9. The fourth-order valence-electron chi connectivity index (χ4n) is 2.84. The summed E-state index contributed by atoms with van der Waals surface area (Å²) in [6, 6.07) is 18.3. The molecule has 0 aliphatic rings. The number of para-hydroxylation sites is 3. The number of nitrogens with one attached hydrogen (secondary N) is 1. The first-order chi connectivity index (χ1) is 13.1. The summed E-state index contributed by atoms with van der Waals surface area (Å²) in [5.74, 6) is 0.0659. The van der Waals surface area contributed by atoms with Gasteiger partial charge in [-0.2, -0.15) is 0 Å². The molecule has 27 heavy (non-hydrogen) atoms. The Morgan fingerprint density at radius 2 is 1.81 bits per heavy atom. The van der Waals surface area contributed by atoms with Gasteiger partial charge in [-0.1, -0.05) is 30.3 Å². The second-order valence-electron chi connectivity index (χ2n) is 5.78. The van der Waals surface area contributed by atoms with E-state index in [1.807, 2.05) is 6.07 Å².